The molecule has 2 aromatic rings. The minimum absolute atomic E-state index is 0.858. The van der Waals surface area contributed by atoms with E-state index in [-0.39, 0.29) is 0 Å². The summed E-state index contributed by atoms with van der Waals surface area (Å²) in [6.07, 6.45) is 2.95. The molecule has 4 heteroatoms. The Balaban J connectivity index is 2.14. The average Bonchev–Trinajstić information content (AvgIpc) is 2.86. The molecule has 3 rings (SSSR count). The van der Waals surface area contributed by atoms with Gasteiger partial charge in [-0.2, -0.15) is 0 Å². The Bertz CT molecular complexity index is 530. The first kappa shape index (κ1) is 10.5. The van der Waals surface area contributed by atoms with Crippen molar-refractivity contribution in [2.24, 2.45) is 0 Å². The van der Waals surface area contributed by atoms with E-state index in [1.807, 2.05) is 10.9 Å². The van der Waals surface area contributed by atoms with Gasteiger partial charge in [-0.25, -0.2) is 4.68 Å². The van der Waals surface area contributed by atoms with Gasteiger partial charge in [0.25, 0.3) is 0 Å². The zero-order valence-electron chi connectivity index (χ0n) is 9.98. The molecule has 88 valence electrons. The van der Waals surface area contributed by atoms with E-state index in [0.29, 0.717) is 0 Å². The quantitative estimate of drug-likeness (QED) is 0.849. The maximum atomic E-state index is 4.11. The molecule has 0 radical (unpaired) electrons. The van der Waals surface area contributed by atoms with Gasteiger partial charge in [0.05, 0.1) is 11.9 Å². The van der Waals surface area contributed by atoms with Crippen molar-refractivity contribution in [1.29, 1.82) is 0 Å². The van der Waals surface area contributed by atoms with E-state index in [9.17, 15) is 0 Å². The summed E-state index contributed by atoms with van der Waals surface area (Å²) in [5.74, 6) is 0. The molecule has 1 aliphatic heterocycles. The van der Waals surface area contributed by atoms with Gasteiger partial charge in [-0.1, -0.05) is 23.4 Å². The molecular weight excluding hydrogens is 212 g/mol. The second-order valence-electron chi connectivity index (χ2n) is 4.31. The predicted molar refractivity (Wildman–Crippen MR) is 66.5 cm³/mol. The third-order valence-electron chi connectivity index (χ3n) is 3.33. The minimum atomic E-state index is 0.858. The van der Waals surface area contributed by atoms with Gasteiger partial charge in [0.2, 0.25) is 0 Å². The number of hydrogen-bond acceptors (Lipinski definition) is 3. The molecule has 0 bridgehead atoms. The Morgan fingerprint density at radius 2 is 2.35 bits per heavy atom. The van der Waals surface area contributed by atoms with Crippen LogP contribution in [0.3, 0.4) is 0 Å². The maximum absolute atomic E-state index is 4.11. The lowest BCUT2D eigenvalue weighted by Crippen LogP contribution is -2.24. The third-order valence-corrected chi connectivity index (χ3v) is 3.33. The van der Waals surface area contributed by atoms with Gasteiger partial charge in [-0.3, -0.25) is 0 Å². The first-order chi connectivity index (χ1) is 8.40. The lowest BCUT2D eigenvalue weighted by atomic mass is 9.94. The fourth-order valence-corrected chi connectivity index (χ4v) is 2.47. The summed E-state index contributed by atoms with van der Waals surface area (Å²) in [5.41, 5.74) is 5.27. The first-order valence-corrected chi connectivity index (χ1v) is 6.10. The normalized spacial score (nSPS) is 14.6. The van der Waals surface area contributed by atoms with Crippen LogP contribution in [0.25, 0.3) is 11.3 Å². The van der Waals surface area contributed by atoms with Gasteiger partial charge in [-0.05, 0) is 31.0 Å². The molecule has 1 aromatic carbocycles. The standard InChI is InChI=1S/C13H16N4/c1-2-17-13(9-15-16-17)12-5-3-4-10-8-14-7-6-11(10)12/h3-5,9,14H,2,6-8H2,1H3. The second-order valence-corrected chi connectivity index (χ2v) is 4.31. The van der Waals surface area contributed by atoms with Crippen LogP contribution in [-0.4, -0.2) is 21.5 Å². The van der Waals surface area contributed by atoms with Crippen molar-refractivity contribution in [3.05, 3.63) is 35.5 Å². The summed E-state index contributed by atoms with van der Waals surface area (Å²) in [4.78, 5) is 0. The molecular formula is C13H16N4. The third kappa shape index (κ3) is 1.74. The zero-order chi connectivity index (χ0) is 11.7. The highest BCUT2D eigenvalue weighted by Gasteiger charge is 2.15. The van der Waals surface area contributed by atoms with Crippen LogP contribution in [-0.2, 0) is 19.5 Å². The van der Waals surface area contributed by atoms with Gasteiger partial charge < -0.3 is 5.32 Å². The molecule has 0 spiro atoms. The lowest BCUT2D eigenvalue weighted by Gasteiger charge is -2.20. The van der Waals surface area contributed by atoms with E-state index in [4.69, 9.17) is 0 Å². The summed E-state index contributed by atoms with van der Waals surface area (Å²) < 4.78 is 1.96. The van der Waals surface area contributed by atoms with Crippen molar-refractivity contribution in [3.8, 4) is 11.3 Å². The smallest absolute Gasteiger partial charge is 0.0888 e. The van der Waals surface area contributed by atoms with E-state index in [1.54, 1.807) is 0 Å². The van der Waals surface area contributed by atoms with E-state index in [0.717, 1.165) is 31.7 Å². The Hall–Kier alpha value is -1.68. The van der Waals surface area contributed by atoms with Crippen LogP contribution in [0.15, 0.2) is 24.4 Å². The molecule has 0 fully saturated rings. The number of aryl methyl sites for hydroxylation is 1. The second kappa shape index (κ2) is 4.30. The van der Waals surface area contributed by atoms with Crippen LogP contribution in [0.2, 0.25) is 0 Å². The summed E-state index contributed by atoms with van der Waals surface area (Å²) in [7, 11) is 0. The Morgan fingerprint density at radius 1 is 1.41 bits per heavy atom. The van der Waals surface area contributed by atoms with Crippen LogP contribution < -0.4 is 5.32 Å². The highest BCUT2D eigenvalue weighted by Crippen LogP contribution is 2.27. The van der Waals surface area contributed by atoms with Crippen molar-refractivity contribution in [1.82, 2.24) is 20.3 Å². The monoisotopic (exact) mass is 228 g/mol. The zero-order valence-corrected chi connectivity index (χ0v) is 9.98. The topological polar surface area (TPSA) is 42.7 Å². The van der Waals surface area contributed by atoms with Crippen molar-refractivity contribution < 1.29 is 0 Å². The summed E-state index contributed by atoms with van der Waals surface area (Å²) in [5, 5.41) is 11.5. The fraction of sp³-hybridized carbons (Fsp3) is 0.385. The molecule has 0 saturated carbocycles. The molecule has 4 nitrogen and oxygen atoms in total. The Morgan fingerprint density at radius 3 is 3.24 bits per heavy atom. The van der Waals surface area contributed by atoms with Crippen LogP contribution in [0, 0.1) is 0 Å². The van der Waals surface area contributed by atoms with Crippen molar-refractivity contribution in [2.75, 3.05) is 6.54 Å². The molecule has 1 N–H and O–H groups in total. The van der Waals surface area contributed by atoms with Crippen molar-refractivity contribution >= 4 is 0 Å². The number of fused-ring (bicyclic) bond motifs is 1. The summed E-state index contributed by atoms with van der Waals surface area (Å²) in [6.45, 7) is 4.97. The highest BCUT2D eigenvalue weighted by molar-refractivity contribution is 5.65. The van der Waals surface area contributed by atoms with E-state index in [1.165, 1.54) is 16.7 Å². The van der Waals surface area contributed by atoms with Crippen molar-refractivity contribution in [3.63, 3.8) is 0 Å². The number of aromatic nitrogens is 3. The summed E-state index contributed by atoms with van der Waals surface area (Å²) >= 11 is 0. The molecule has 1 aliphatic rings. The fourth-order valence-electron chi connectivity index (χ4n) is 2.47. The SMILES string of the molecule is CCn1nncc1-c1cccc2c1CCNC2. The van der Waals surface area contributed by atoms with Gasteiger partial charge >= 0.3 is 0 Å². The first-order valence-electron chi connectivity index (χ1n) is 6.10. The van der Waals surface area contributed by atoms with Crippen LogP contribution >= 0.6 is 0 Å². The highest BCUT2D eigenvalue weighted by atomic mass is 15.4. The molecule has 0 saturated heterocycles. The molecule has 17 heavy (non-hydrogen) atoms. The number of hydrogen-bond donors (Lipinski definition) is 1. The van der Waals surface area contributed by atoms with Crippen LogP contribution in [0.4, 0.5) is 0 Å². The van der Waals surface area contributed by atoms with Crippen LogP contribution in [0.1, 0.15) is 18.1 Å². The van der Waals surface area contributed by atoms with Gasteiger partial charge in [0.15, 0.2) is 0 Å². The van der Waals surface area contributed by atoms with Crippen molar-refractivity contribution in [2.45, 2.75) is 26.4 Å². The van der Waals surface area contributed by atoms with Gasteiger partial charge in [-0.15, -0.1) is 5.10 Å². The largest absolute Gasteiger partial charge is 0.312 e. The molecule has 0 atom stereocenters. The van der Waals surface area contributed by atoms with Gasteiger partial charge in [0, 0.05) is 18.7 Å². The number of nitrogens with one attached hydrogen (secondary N) is 1. The summed E-state index contributed by atoms with van der Waals surface area (Å²) in [6, 6.07) is 6.49. The van der Waals surface area contributed by atoms with E-state index >= 15 is 0 Å². The molecule has 0 unspecified atom stereocenters. The lowest BCUT2D eigenvalue weighted by molar-refractivity contribution is 0.627. The number of rotatable bonds is 2. The molecule has 0 aliphatic carbocycles. The predicted octanol–water partition coefficient (Wildman–Crippen LogP) is 1.61. The number of benzene rings is 1. The maximum Gasteiger partial charge on any atom is 0.0888 e. The van der Waals surface area contributed by atoms with E-state index < -0.39 is 0 Å². The Kier molecular flexibility index (Phi) is 2.65. The molecule has 2 heterocycles. The molecule has 0 amide bonds. The molecule has 1 aromatic heterocycles. The van der Waals surface area contributed by atoms with E-state index in [2.05, 4.69) is 40.8 Å². The van der Waals surface area contributed by atoms with Crippen LogP contribution in [0.5, 0.6) is 0 Å². The average molecular weight is 228 g/mol. The Labute approximate surface area is 101 Å². The minimum Gasteiger partial charge on any atom is -0.312 e. The van der Waals surface area contributed by atoms with Gasteiger partial charge in [0.1, 0.15) is 0 Å². The number of nitrogens with zero attached hydrogens (tertiary/aromatic N) is 3.